The van der Waals surface area contributed by atoms with E-state index in [-0.39, 0.29) is 17.6 Å². The van der Waals surface area contributed by atoms with Crippen molar-refractivity contribution in [2.75, 3.05) is 7.11 Å². The molecule has 3 rings (SSSR count). The van der Waals surface area contributed by atoms with Gasteiger partial charge in [0.25, 0.3) is 0 Å². The van der Waals surface area contributed by atoms with Gasteiger partial charge in [0.2, 0.25) is 0 Å². The van der Waals surface area contributed by atoms with Gasteiger partial charge in [-0.05, 0) is 45.4 Å². The Labute approximate surface area is 133 Å². The molecule has 0 radical (unpaired) electrons. The fraction of sp³-hybridized carbons (Fsp3) is 0.333. The zero-order valence-corrected chi connectivity index (χ0v) is 13.8. The summed E-state index contributed by atoms with van der Waals surface area (Å²) in [7, 11) is 1.59. The summed E-state index contributed by atoms with van der Waals surface area (Å²) in [5, 5.41) is 10.0. The second-order valence-electron chi connectivity index (χ2n) is 5.25. The van der Waals surface area contributed by atoms with Gasteiger partial charge in [0.05, 0.1) is 22.4 Å². The van der Waals surface area contributed by atoms with Crippen LogP contribution in [0.15, 0.2) is 22.7 Å². The molecule has 1 heterocycles. The Morgan fingerprint density at radius 2 is 2.00 bits per heavy atom. The van der Waals surface area contributed by atoms with Crippen LogP contribution in [-0.2, 0) is 4.79 Å². The van der Waals surface area contributed by atoms with E-state index in [1.807, 2.05) is 25.1 Å². The lowest BCUT2D eigenvalue weighted by Crippen LogP contribution is -2.06. The van der Waals surface area contributed by atoms with Gasteiger partial charge in [-0.2, -0.15) is 0 Å². The van der Waals surface area contributed by atoms with Gasteiger partial charge in [-0.15, -0.1) is 11.3 Å². The van der Waals surface area contributed by atoms with Crippen LogP contribution in [0.1, 0.15) is 16.6 Å². The molecule has 1 aliphatic rings. The first-order valence-electron chi connectivity index (χ1n) is 6.48. The largest absolute Gasteiger partial charge is 0.496 e. The molecular formula is C15H13BrO4S. The van der Waals surface area contributed by atoms with Gasteiger partial charge < -0.3 is 9.84 Å². The Morgan fingerprint density at radius 3 is 2.57 bits per heavy atom. The fourth-order valence-electron chi connectivity index (χ4n) is 2.73. The van der Waals surface area contributed by atoms with Crippen LogP contribution in [0, 0.1) is 17.8 Å². The molecule has 1 aliphatic carbocycles. The lowest BCUT2D eigenvalue weighted by molar-refractivity contribution is -0.139. The number of ether oxygens (including phenoxy) is 1. The standard InChI is InChI=1S/C15H13BrO4S/c1-6-12(13(6)15(18)19)14(17)11-4-7-3-8(16)9(20-2)5-10(7)21-11/h3-6,12-13H,1-2H3,(H,18,19)/t6-,12?,13?/m0/s1. The number of aliphatic carboxylic acids is 1. The minimum atomic E-state index is -0.883. The van der Waals surface area contributed by atoms with E-state index in [0.717, 1.165) is 14.6 Å². The first-order chi connectivity index (χ1) is 9.93. The van der Waals surface area contributed by atoms with E-state index in [1.165, 1.54) is 11.3 Å². The molecule has 0 aliphatic heterocycles. The normalized spacial score (nSPS) is 24.0. The summed E-state index contributed by atoms with van der Waals surface area (Å²) >= 11 is 4.80. The van der Waals surface area contributed by atoms with Crippen LogP contribution in [0.5, 0.6) is 5.75 Å². The SMILES string of the molecule is COc1cc2sc(C(=O)C3C(C(=O)O)[C@H]3C)cc2cc1Br. The van der Waals surface area contributed by atoms with Crippen molar-refractivity contribution in [1.82, 2.24) is 0 Å². The quantitative estimate of drug-likeness (QED) is 0.833. The van der Waals surface area contributed by atoms with Crippen LogP contribution in [0.2, 0.25) is 0 Å². The molecule has 0 amide bonds. The molecule has 1 fully saturated rings. The monoisotopic (exact) mass is 368 g/mol. The van der Waals surface area contributed by atoms with E-state index >= 15 is 0 Å². The van der Waals surface area contributed by atoms with Gasteiger partial charge in [-0.3, -0.25) is 9.59 Å². The Morgan fingerprint density at radius 1 is 1.29 bits per heavy atom. The third kappa shape index (κ3) is 2.36. The van der Waals surface area contributed by atoms with Crippen molar-refractivity contribution >= 4 is 49.1 Å². The maximum Gasteiger partial charge on any atom is 0.307 e. The van der Waals surface area contributed by atoms with Gasteiger partial charge in [-0.1, -0.05) is 6.92 Å². The van der Waals surface area contributed by atoms with E-state index in [9.17, 15) is 9.59 Å². The number of Topliss-reactive ketones (excluding diaryl/α,β-unsaturated/α-hetero) is 1. The van der Waals surface area contributed by atoms with Crippen molar-refractivity contribution in [3.8, 4) is 5.75 Å². The van der Waals surface area contributed by atoms with Crippen LogP contribution in [-0.4, -0.2) is 24.0 Å². The van der Waals surface area contributed by atoms with Crippen LogP contribution in [0.4, 0.5) is 0 Å². The van der Waals surface area contributed by atoms with Crippen molar-refractivity contribution in [1.29, 1.82) is 0 Å². The van der Waals surface area contributed by atoms with Crippen molar-refractivity contribution in [3.05, 3.63) is 27.5 Å². The number of carboxylic acids is 1. The minimum absolute atomic E-state index is 0.0637. The topological polar surface area (TPSA) is 63.6 Å². The van der Waals surface area contributed by atoms with E-state index in [1.54, 1.807) is 7.11 Å². The van der Waals surface area contributed by atoms with Gasteiger partial charge in [0.1, 0.15) is 5.75 Å². The average Bonchev–Trinajstić information content (AvgIpc) is 2.93. The number of fused-ring (bicyclic) bond motifs is 1. The Kier molecular flexibility index (Phi) is 3.53. The van der Waals surface area contributed by atoms with Crippen LogP contribution >= 0.6 is 27.3 Å². The molecule has 110 valence electrons. The maximum absolute atomic E-state index is 12.4. The molecular weight excluding hydrogens is 356 g/mol. The molecule has 3 atom stereocenters. The van der Waals surface area contributed by atoms with Crippen molar-refractivity contribution in [3.63, 3.8) is 0 Å². The number of benzene rings is 1. The molecule has 1 saturated carbocycles. The number of hydrogen-bond donors (Lipinski definition) is 1. The Balaban J connectivity index is 1.95. The van der Waals surface area contributed by atoms with E-state index < -0.39 is 11.9 Å². The number of carboxylic acid groups (broad SMARTS) is 1. The van der Waals surface area contributed by atoms with Crippen molar-refractivity contribution in [2.45, 2.75) is 6.92 Å². The summed E-state index contributed by atoms with van der Waals surface area (Å²) < 4.78 is 7.03. The number of carbonyl (C=O) groups is 2. The predicted molar refractivity (Wildman–Crippen MR) is 84.2 cm³/mol. The summed E-state index contributed by atoms with van der Waals surface area (Å²) in [5.74, 6) is -1.24. The van der Waals surface area contributed by atoms with Crippen molar-refractivity contribution in [2.24, 2.45) is 17.8 Å². The smallest absolute Gasteiger partial charge is 0.307 e. The lowest BCUT2D eigenvalue weighted by Gasteiger charge is -2.01. The highest BCUT2D eigenvalue weighted by Crippen LogP contribution is 2.49. The number of carbonyl (C=O) groups excluding carboxylic acids is 1. The third-order valence-corrected chi connectivity index (χ3v) is 5.73. The number of ketones is 1. The van der Waals surface area contributed by atoms with Gasteiger partial charge in [-0.25, -0.2) is 0 Å². The number of hydrogen-bond acceptors (Lipinski definition) is 4. The molecule has 0 saturated heterocycles. The van der Waals surface area contributed by atoms with Gasteiger partial charge in [0, 0.05) is 10.6 Å². The summed E-state index contributed by atoms with van der Waals surface area (Å²) in [6.45, 7) is 1.81. The number of methoxy groups -OCH3 is 1. The number of thiophene rings is 1. The molecule has 6 heteroatoms. The fourth-order valence-corrected chi connectivity index (χ4v) is 4.31. The highest BCUT2D eigenvalue weighted by molar-refractivity contribution is 9.10. The first-order valence-corrected chi connectivity index (χ1v) is 8.09. The molecule has 1 N–H and O–H groups in total. The molecule has 4 nitrogen and oxygen atoms in total. The Hall–Kier alpha value is -1.40. The molecule has 2 aromatic rings. The molecule has 2 unspecified atom stereocenters. The van der Waals surface area contributed by atoms with Crippen LogP contribution in [0.3, 0.4) is 0 Å². The first kappa shape index (κ1) is 14.5. The second kappa shape index (κ2) is 5.10. The molecule has 1 aromatic carbocycles. The predicted octanol–water partition coefficient (Wildman–Crippen LogP) is 3.82. The second-order valence-corrected chi connectivity index (χ2v) is 7.19. The summed E-state index contributed by atoms with van der Waals surface area (Å²) in [6, 6.07) is 5.62. The summed E-state index contributed by atoms with van der Waals surface area (Å²) in [6.07, 6.45) is 0. The lowest BCUT2D eigenvalue weighted by atomic mass is 10.1. The number of halogens is 1. The van der Waals surface area contributed by atoms with E-state index in [4.69, 9.17) is 9.84 Å². The highest BCUT2D eigenvalue weighted by atomic mass is 79.9. The molecule has 0 spiro atoms. The van der Waals surface area contributed by atoms with E-state index in [0.29, 0.717) is 10.6 Å². The molecule has 0 bridgehead atoms. The highest BCUT2D eigenvalue weighted by Gasteiger charge is 2.56. The Bertz CT molecular complexity index is 751. The molecule has 1 aromatic heterocycles. The summed E-state index contributed by atoms with van der Waals surface area (Å²) in [4.78, 5) is 24.1. The summed E-state index contributed by atoms with van der Waals surface area (Å²) in [5.41, 5.74) is 0. The minimum Gasteiger partial charge on any atom is -0.496 e. The van der Waals surface area contributed by atoms with E-state index in [2.05, 4.69) is 15.9 Å². The van der Waals surface area contributed by atoms with Gasteiger partial charge in [0.15, 0.2) is 5.78 Å². The van der Waals surface area contributed by atoms with Gasteiger partial charge >= 0.3 is 5.97 Å². The zero-order chi connectivity index (χ0) is 15.3. The van der Waals surface area contributed by atoms with Crippen LogP contribution < -0.4 is 4.74 Å². The maximum atomic E-state index is 12.4. The number of rotatable bonds is 4. The van der Waals surface area contributed by atoms with Crippen LogP contribution in [0.25, 0.3) is 10.1 Å². The average molecular weight is 369 g/mol. The zero-order valence-electron chi connectivity index (χ0n) is 11.4. The third-order valence-electron chi connectivity index (χ3n) is 4.00. The van der Waals surface area contributed by atoms with Crippen molar-refractivity contribution < 1.29 is 19.4 Å². The molecule has 21 heavy (non-hydrogen) atoms.